The Kier molecular flexibility index (Phi) is 4.81. The molecular weight excluding hydrogens is 366 g/mol. The van der Waals surface area contributed by atoms with Crippen molar-refractivity contribution in [3.63, 3.8) is 0 Å². The highest BCUT2D eigenvalue weighted by atomic mass is 16.5. The summed E-state index contributed by atoms with van der Waals surface area (Å²) < 4.78 is 5.37. The SMILES string of the molecule is COc1ccc(N(c2ccc3c(c2)C2(CCCCC2)c2ccccc2-3)C(C)C)cc1. The number of hydrogen-bond acceptors (Lipinski definition) is 2. The number of benzene rings is 3. The molecule has 0 unspecified atom stereocenters. The summed E-state index contributed by atoms with van der Waals surface area (Å²) in [7, 11) is 1.72. The average molecular weight is 398 g/mol. The molecule has 1 fully saturated rings. The molecule has 3 aromatic rings. The smallest absolute Gasteiger partial charge is 0.119 e. The van der Waals surface area contributed by atoms with Crippen LogP contribution < -0.4 is 9.64 Å². The van der Waals surface area contributed by atoms with Gasteiger partial charge in [0.15, 0.2) is 0 Å². The van der Waals surface area contributed by atoms with Gasteiger partial charge < -0.3 is 9.64 Å². The lowest BCUT2D eigenvalue weighted by atomic mass is 9.68. The van der Waals surface area contributed by atoms with E-state index < -0.39 is 0 Å². The lowest BCUT2D eigenvalue weighted by molar-refractivity contribution is 0.353. The molecule has 3 aromatic carbocycles. The Balaban J connectivity index is 1.64. The van der Waals surface area contributed by atoms with Gasteiger partial charge in [0.25, 0.3) is 0 Å². The normalized spacial score (nSPS) is 16.4. The molecule has 0 aliphatic heterocycles. The Morgan fingerprint density at radius 2 is 1.43 bits per heavy atom. The van der Waals surface area contributed by atoms with Crippen molar-refractivity contribution in [1.82, 2.24) is 0 Å². The van der Waals surface area contributed by atoms with Crippen LogP contribution in [0.1, 0.15) is 57.1 Å². The van der Waals surface area contributed by atoms with Crippen LogP contribution in [0.25, 0.3) is 11.1 Å². The Labute approximate surface area is 180 Å². The highest BCUT2D eigenvalue weighted by Gasteiger charge is 2.43. The highest BCUT2D eigenvalue weighted by molar-refractivity contribution is 5.83. The number of fused-ring (bicyclic) bond motifs is 5. The predicted octanol–water partition coefficient (Wildman–Crippen LogP) is 7.47. The van der Waals surface area contributed by atoms with E-state index >= 15 is 0 Å². The maximum absolute atomic E-state index is 5.37. The van der Waals surface area contributed by atoms with Crippen molar-refractivity contribution in [2.24, 2.45) is 0 Å². The molecule has 154 valence electrons. The molecule has 0 heterocycles. The third-order valence-corrected chi connectivity index (χ3v) is 7.10. The van der Waals surface area contributed by atoms with Crippen molar-refractivity contribution in [3.8, 4) is 16.9 Å². The molecule has 0 amide bonds. The third-order valence-electron chi connectivity index (χ3n) is 7.10. The summed E-state index contributed by atoms with van der Waals surface area (Å²) in [5.74, 6) is 0.896. The van der Waals surface area contributed by atoms with Crippen LogP contribution >= 0.6 is 0 Å². The van der Waals surface area contributed by atoms with Crippen LogP contribution in [0.5, 0.6) is 5.75 Å². The van der Waals surface area contributed by atoms with E-state index in [2.05, 4.69) is 85.5 Å². The van der Waals surface area contributed by atoms with Gasteiger partial charge in [-0.2, -0.15) is 0 Å². The number of nitrogens with zero attached hydrogens (tertiary/aromatic N) is 1. The molecule has 0 radical (unpaired) electrons. The van der Waals surface area contributed by atoms with Gasteiger partial charge in [0.1, 0.15) is 5.75 Å². The first kappa shape index (κ1) is 19.2. The second-order valence-corrected chi connectivity index (χ2v) is 9.08. The maximum atomic E-state index is 5.37. The molecule has 5 rings (SSSR count). The van der Waals surface area contributed by atoms with Gasteiger partial charge in [-0.05, 0) is 85.3 Å². The largest absolute Gasteiger partial charge is 0.497 e. The summed E-state index contributed by atoms with van der Waals surface area (Å²) in [6.07, 6.45) is 6.55. The molecule has 0 bridgehead atoms. The fourth-order valence-corrected chi connectivity index (χ4v) is 5.78. The summed E-state index contributed by atoms with van der Waals surface area (Å²) in [6, 6.07) is 25.1. The fourth-order valence-electron chi connectivity index (χ4n) is 5.78. The minimum Gasteiger partial charge on any atom is -0.497 e. The zero-order chi connectivity index (χ0) is 20.7. The van der Waals surface area contributed by atoms with E-state index in [-0.39, 0.29) is 5.41 Å². The molecular formula is C28H31NO. The molecule has 0 aromatic heterocycles. The highest BCUT2D eigenvalue weighted by Crippen LogP contribution is 2.56. The van der Waals surface area contributed by atoms with E-state index in [0.29, 0.717) is 6.04 Å². The van der Waals surface area contributed by atoms with Crippen LogP contribution in [-0.2, 0) is 5.41 Å². The standard InChI is InChI=1S/C28H31NO/c1-20(2)29(21-11-14-23(30-3)15-12-21)22-13-16-25-24-9-5-6-10-26(24)28(27(25)19-22)17-7-4-8-18-28/h5-6,9-16,19-20H,4,7-8,17-18H2,1-3H3. The van der Waals surface area contributed by atoms with Crippen molar-refractivity contribution >= 4 is 11.4 Å². The van der Waals surface area contributed by atoms with E-state index in [1.807, 2.05) is 0 Å². The predicted molar refractivity (Wildman–Crippen MR) is 126 cm³/mol. The summed E-state index contributed by atoms with van der Waals surface area (Å²) >= 11 is 0. The Bertz CT molecular complexity index is 1040. The lowest BCUT2D eigenvalue weighted by Gasteiger charge is -2.37. The van der Waals surface area contributed by atoms with Crippen molar-refractivity contribution in [2.45, 2.75) is 57.4 Å². The molecule has 0 atom stereocenters. The lowest BCUT2D eigenvalue weighted by Crippen LogP contribution is -2.29. The maximum Gasteiger partial charge on any atom is 0.119 e. The monoisotopic (exact) mass is 397 g/mol. The number of methoxy groups -OCH3 is 1. The Hall–Kier alpha value is -2.74. The van der Waals surface area contributed by atoms with E-state index in [0.717, 1.165) is 5.75 Å². The first-order valence-corrected chi connectivity index (χ1v) is 11.3. The van der Waals surface area contributed by atoms with Gasteiger partial charge in [0.05, 0.1) is 7.11 Å². The zero-order valence-corrected chi connectivity index (χ0v) is 18.3. The van der Waals surface area contributed by atoms with Gasteiger partial charge in [-0.25, -0.2) is 0 Å². The molecule has 1 spiro atoms. The zero-order valence-electron chi connectivity index (χ0n) is 18.3. The molecule has 0 saturated heterocycles. The van der Waals surface area contributed by atoms with Crippen LogP contribution in [0.4, 0.5) is 11.4 Å². The van der Waals surface area contributed by atoms with Crippen molar-refractivity contribution in [3.05, 3.63) is 77.9 Å². The van der Waals surface area contributed by atoms with Gasteiger partial charge in [-0.1, -0.05) is 49.6 Å². The van der Waals surface area contributed by atoms with Crippen LogP contribution in [0.3, 0.4) is 0 Å². The van der Waals surface area contributed by atoms with Crippen LogP contribution in [0.2, 0.25) is 0 Å². The molecule has 0 N–H and O–H groups in total. The summed E-state index contributed by atoms with van der Waals surface area (Å²) in [6.45, 7) is 4.53. The quantitative estimate of drug-likeness (QED) is 0.453. The molecule has 2 nitrogen and oxygen atoms in total. The number of hydrogen-bond donors (Lipinski definition) is 0. The Morgan fingerprint density at radius 1 is 0.767 bits per heavy atom. The van der Waals surface area contributed by atoms with Crippen LogP contribution in [0.15, 0.2) is 66.7 Å². The molecule has 2 aliphatic rings. The van der Waals surface area contributed by atoms with E-state index in [4.69, 9.17) is 4.74 Å². The van der Waals surface area contributed by atoms with Crippen LogP contribution in [-0.4, -0.2) is 13.2 Å². The topological polar surface area (TPSA) is 12.5 Å². The second kappa shape index (κ2) is 7.50. The van der Waals surface area contributed by atoms with E-state index in [9.17, 15) is 0 Å². The van der Waals surface area contributed by atoms with Gasteiger partial charge >= 0.3 is 0 Å². The van der Waals surface area contributed by atoms with Gasteiger partial charge in [-0.3, -0.25) is 0 Å². The summed E-state index contributed by atoms with van der Waals surface area (Å²) in [4.78, 5) is 2.44. The molecule has 1 saturated carbocycles. The van der Waals surface area contributed by atoms with E-state index in [1.165, 1.54) is 54.6 Å². The minimum absolute atomic E-state index is 0.197. The molecule has 30 heavy (non-hydrogen) atoms. The van der Waals surface area contributed by atoms with Gasteiger partial charge in [0.2, 0.25) is 0 Å². The minimum atomic E-state index is 0.197. The molecule has 2 aliphatic carbocycles. The van der Waals surface area contributed by atoms with Crippen molar-refractivity contribution < 1.29 is 4.74 Å². The molecule has 2 heteroatoms. The van der Waals surface area contributed by atoms with Gasteiger partial charge in [-0.15, -0.1) is 0 Å². The number of ether oxygens (including phenoxy) is 1. The third kappa shape index (κ3) is 2.93. The van der Waals surface area contributed by atoms with Crippen molar-refractivity contribution in [2.75, 3.05) is 12.0 Å². The fraction of sp³-hybridized carbons (Fsp3) is 0.357. The number of anilines is 2. The summed E-state index contributed by atoms with van der Waals surface area (Å²) in [5.41, 5.74) is 8.67. The first-order chi connectivity index (χ1) is 14.6. The second-order valence-electron chi connectivity index (χ2n) is 9.08. The average Bonchev–Trinajstić information content (AvgIpc) is 3.04. The summed E-state index contributed by atoms with van der Waals surface area (Å²) in [5, 5.41) is 0. The van der Waals surface area contributed by atoms with Crippen LogP contribution in [0, 0.1) is 0 Å². The number of rotatable bonds is 4. The Morgan fingerprint density at radius 3 is 2.13 bits per heavy atom. The first-order valence-electron chi connectivity index (χ1n) is 11.3. The van der Waals surface area contributed by atoms with Crippen molar-refractivity contribution in [1.29, 1.82) is 0 Å². The van der Waals surface area contributed by atoms with Gasteiger partial charge in [0, 0.05) is 22.8 Å². The van der Waals surface area contributed by atoms with E-state index in [1.54, 1.807) is 18.2 Å².